The molecule has 1 unspecified atom stereocenters. The zero-order valence-electron chi connectivity index (χ0n) is 37.5. The predicted octanol–water partition coefficient (Wildman–Crippen LogP) is 4.94. The lowest BCUT2D eigenvalue weighted by Crippen LogP contribution is -2.85. The van der Waals surface area contributed by atoms with E-state index in [4.69, 9.17) is 28.4 Å². The summed E-state index contributed by atoms with van der Waals surface area (Å²) in [5.74, 6) is -4.23. The van der Waals surface area contributed by atoms with E-state index in [2.05, 4.69) is 48.3 Å². The van der Waals surface area contributed by atoms with E-state index in [-0.39, 0.29) is 25.0 Å². The molecule has 13 heteroatoms. The smallest absolute Gasteiger partial charge is 0.338 e. The first-order valence-corrected chi connectivity index (χ1v) is 22.9. The minimum Gasteiger partial charge on any atom is -0.455 e. The van der Waals surface area contributed by atoms with E-state index in [1.807, 2.05) is 7.05 Å². The van der Waals surface area contributed by atoms with Crippen LogP contribution in [0.2, 0.25) is 0 Å². The summed E-state index contributed by atoms with van der Waals surface area (Å²) in [5, 5.41) is 52.3. The van der Waals surface area contributed by atoms with Crippen LogP contribution >= 0.6 is 0 Å². The molecule has 13 nitrogen and oxygen atoms in total. The van der Waals surface area contributed by atoms with Crippen molar-refractivity contribution >= 4 is 11.9 Å². The molecule has 0 radical (unpaired) electrons. The fraction of sp³-hybridized carbons (Fsp3) is 0.714. The van der Waals surface area contributed by atoms with Crippen LogP contribution in [0.1, 0.15) is 94.3 Å². The highest BCUT2D eigenvalue weighted by Crippen LogP contribution is 2.81. The van der Waals surface area contributed by atoms with Gasteiger partial charge < -0.3 is 53.7 Å². The van der Waals surface area contributed by atoms with Crippen molar-refractivity contribution in [3.05, 3.63) is 72.4 Å². The Hall–Kier alpha value is -2.98. The molecule has 5 aliphatic carbocycles. The largest absolute Gasteiger partial charge is 0.455 e. The van der Waals surface area contributed by atoms with Crippen LogP contribution in [0.5, 0.6) is 0 Å². The first kappa shape index (κ1) is 47.0. The number of aliphatic hydroxyl groups is 4. The van der Waals surface area contributed by atoms with Crippen molar-refractivity contribution in [2.24, 2.45) is 28.6 Å². The molecule has 1 heterocycles. The molecule has 0 amide bonds. The van der Waals surface area contributed by atoms with Crippen LogP contribution in [0.25, 0.3) is 0 Å². The summed E-state index contributed by atoms with van der Waals surface area (Å²) in [6, 6.07) is 7.71. The number of piperidine rings is 1. The Morgan fingerprint density at radius 2 is 1.52 bits per heavy atom. The van der Waals surface area contributed by atoms with Crippen molar-refractivity contribution in [3.63, 3.8) is 0 Å². The third-order valence-electron chi connectivity index (χ3n) is 15.9. The van der Waals surface area contributed by atoms with E-state index in [0.717, 1.165) is 51.4 Å². The molecule has 1 aromatic carbocycles. The molecule has 6 fully saturated rings. The predicted molar refractivity (Wildman–Crippen MR) is 231 cm³/mol. The van der Waals surface area contributed by atoms with Crippen molar-refractivity contribution in [2.45, 2.75) is 143 Å². The van der Waals surface area contributed by atoms with Gasteiger partial charge in [0.2, 0.25) is 0 Å². The van der Waals surface area contributed by atoms with Gasteiger partial charge in [-0.25, -0.2) is 4.79 Å². The van der Waals surface area contributed by atoms with Gasteiger partial charge in [0.05, 0.1) is 42.0 Å². The maximum atomic E-state index is 14.5. The van der Waals surface area contributed by atoms with Gasteiger partial charge in [0.15, 0.2) is 5.60 Å². The molecule has 1 aromatic rings. The van der Waals surface area contributed by atoms with Crippen LogP contribution in [-0.2, 0) is 33.2 Å². The summed E-state index contributed by atoms with van der Waals surface area (Å²) in [5.41, 5.74) is -8.27. The summed E-state index contributed by atoms with van der Waals surface area (Å²) < 4.78 is 38.0. The Kier molecular flexibility index (Phi) is 14.3. The zero-order valence-corrected chi connectivity index (χ0v) is 37.5. The summed E-state index contributed by atoms with van der Waals surface area (Å²) >= 11 is 0. The van der Waals surface area contributed by atoms with Crippen molar-refractivity contribution in [1.82, 2.24) is 4.90 Å². The molecule has 344 valence electrons. The number of allylic oxidation sites excluding steroid dienone is 6. The van der Waals surface area contributed by atoms with Gasteiger partial charge in [-0.15, -0.1) is 0 Å². The van der Waals surface area contributed by atoms with Crippen LogP contribution < -0.4 is 0 Å². The highest BCUT2D eigenvalue weighted by Gasteiger charge is 2.96. The van der Waals surface area contributed by atoms with Crippen molar-refractivity contribution in [2.75, 3.05) is 48.6 Å². The Labute approximate surface area is 367 Å². The van der Waals surface area contributed by atoms with Gasteiger partial charge in [-0.1, -0.05) is 80.8 Å². The molecule has 1 aliphatic heterocycles. The van der Waals surface area contributed by atoms with E-state index < -0.39 is 106 Å². The van der Waals surface area contributed by atoms with E-state index in [1.165, 1.54) is 7.11 Å². The number of carbonyl (C=O) groups excluding carboxylic acids is 2. The number of esters is 2. The second kappa shape index (κ2) is 18.9. The number of nitrogens with zero attached hydrogens (tertiary/aromatic N) is 1. The summed E-state index contributed by atoms with van der Waals surface area (Å²) in [4.78, 5) is 30.7. The third-order valence-corrected chi connectivity index (χ3v) is 15.9. The summed E-state index contributed by atoms with van der Waals surface area (Å²) in [6.07, 6.45) is 13.9. The molecule has 7 bridgehead atoms. The average molecular weight is 866 g/mol. The molecular weight excluding hydrogens is 795 g/mol. The van der Waals surface area contributed by atoms with Gasteiger partial charge in [-0.05, 0) is 57.7 Å². The fourth-order valence-corrected chi connectivity index (χ4v) is 14.1. The molecule has 62 heavy (non-hydrogen) atoms. The number of fused-ring (bicyclic) bond motifs is 2. The first-order chi connectivity index (χ1) is 29.8. The van der Waals surface area contributed by atoms with E-state index in [9.17, 15) is 30.0 Å². The van der Waals surface area contributed by atoms with Gasteiger partial charge in [0, 0.05) is 83.0 Å². The molecule has 1 saturated heterocycles. The van der Waals surface area contributed by atoms with Gasteiger partial charge in [-0.2, -0.15) is 0 Å². The SMILES string of the molecule is CC/C=C\C/C=C\C/C=C\CCCCCCCC(=O)O[C@@]12[C@@H]3C4N(C)C[C@]5(COC)[C@H](O)C[C@H](OC)[C@]4([C@@H]5[C@H]3OC)[C@]3(O)C[C@@](O)([C@H](OC(=O)c4ccccc4)[C@H]13)[C@@H](OC)[C@@H]2O. The number of rotatable bonds is 21. The van der Waals surface area contributed by atoms with Crippen LogP contribution in [-0.4, -0.2) is 145 Å². The fourth-order valence-electron chi connectivity index (χ4n) is 14.1. The lowest BCUT2D eigenvalue weighted by atomic mass is 9.40. The van der Waals surface area contributed by atoms with Gasteiger partial charge in [-0.3, -0.25) is 4.79 Å². The maximum Gasteiger partial charge on any atom is 0.338 e. The normalized spacial score (nSPS) is 41.7. The van der Waals surface area contributed by atoms with Gasteiger partial charge in [0.25, 0.3) is 0 Å². The minimum absolute atomic E-state index is 0.0438. The van der Waals surface area contributed by atoms with Crippen molar-refractivity contribution in [3.8, 4) is 0 Å². The van der Waals surface area contributed by atoms with E-state index in [1.54, 1.807) is 51.7 Å². The summed E-state index contributed by atoms with van der Waals surface area (Å²) in [7, 11) is 7.93. The second-order valence-corrected chi connectivity index (χ2v) is 18.9. The van der Waals surface area contributed by atoms with Crippen LogP contribution in [0, 0.1) is 28.6 Å². The number of benzene rings is 1. The number of hydrogen-bond donors (Lipinski definition) is 4. The second-order valence-electron chi connectivity index (χ2n) is 18.9. The summed E-state index contributed by atoms with van der Waals surface area (Å²) in [6.45, 7) is 2.59. The maximum absolute atomic E-state index is 14.5. The van der Waals surface area contributed by atoms with E-state index in [0.29, 0.717) is 13.0 Å². The molecule has 5 saturated carbocycles. The number of likely N-dealkylation sites (tertiary alicyclic amines) is 1. The molecule has 1 spiro atoms. The third kappa shape index (κ3) is 7.08. The molecule has 4 N–H and O–H groups in total. The lowest BCUT2D eigenvalue weighted by molar-refractivity contribution is -0.353. The van der Waals surface area contributed by atoms with Gasteiger partial charge >= 0.3 is 11.9 Å². The van der Waals surface area contributed by atoms with Crippen LogP contribution in [0.3, 0.4) is 0 Å². The first-order valence-electron chi connectivity index (χ1n) is 22.9. The highest BCUT2D eigenvalue weighted by molar-refractivity contribution is 5.89. The topological polar surface area (TPSA) is 174 Å². The number of ether oxygens (including phenoxy) is 6. The van der Waals surface area contributed by atoms with Crippen molar-refractivity contribution in [1.29, 1.82) is 0 Å². The molecular formula is C49H71NO12. The molecule has 6 aliphatic rings. The molecule has 7 rings (SSSR count). The van der Waals surface area contributed by atoms with Crippen molar-refractivity contribution < 1.29 is 58.4 Å². The Morgan fingerprint density at radius 3 is 2.18 bits per heavy atom. The number of aliphatic hydroxyl groups excluding tert-OH is 2. The van der Waals surface area contributed by atoms with Gasteiger partial charge in [0.1, 0.15) is 23.9 Å². The average Bonchev–Trinajstić information content (AvgIpc) is 3.63. The Bertz CT molecular complexity index is 1810. The zero-order chi connectivity index (χ0) is 44.5. The molecule has 0 aromatic heterocycles. The standard InChI is InChI=1S/C49H71NO12/c1-7-8-9-10-11-12-13-14-15-16-17-18-19-20-24-27-35(52)62-49-36-37(59-5)38-45(31-57-3)30-50(2)40(36)48(38,34(58-4)28-33(45)51)47(56)29-46(55,43(60-6)41(49)53)42(39(47)49)61-44(54)32-25-22-21-23-26-32/h8-9,11-12,14-15,21-23,25-26,33-34,36-43,51,53,55-56H,7,10,13,16-20,24,27-31H2,1-6H3/b9-8-,12-11-,15-14-/t33-,34+,36+,37+,38-,39+,40?,41+,42-,43+,45+,46-,47+,48-,49+/m1/s1. The molecule has 15 atom stereocenters. The monoisotopic (exact) mass is 865 g/mol. The Balaban J connectivity index is 1.21. The quantitative estimate of drug-likeness (QED) is 0.0745. The Morgan fingerprint density at radius 1 is 0.839 bits per heavy atom. The van der Waals surface area contributed by atoms with E-state index >= 15 is 0 Å². The number of methoxy groups -OCH3 is 4. The lowest BCUT2D eigenvalue weighted by Gasteiger charge is -2.72. The number of carbonyl (C=O) groups is 2. The van der Waals surface area contributed by atoms with Crippen LogP contribution in [0.15, 0.2) is 66.8 Å². The number of hydrogen-bond acceptors (Lipinski definition) is 13. The minimum atomic E-state index is -2.14. The number of unbranched alkanes of at least 4 members (excludes halogenated alkanes) is 5. The van der Waals surface area contributed by atoms with Crippen LogP contribution in [0.4, 0.5) is 0 Å². The highest BCUT2D eigenvalue weighted by atomic mass is 16.6.